The van der Waals surface area contributed by atoms with Crippen molar-refractivity contribution < 1.29 is 0 Å². The minimum Gasteiger partial charge on any atom is -0.0885 e. The smallest absolute Gasteiger partial charge is 0.0316 e. The van der Waals surface area contributed by atoms with Gasteiger partial charge in [-0.2, -0.15) is 0 Å². The number of rotatable bonds is 0. The maximum absolute atomic E-state index is 2.33. The summed E-state index contributed by atoms with van der Waals surface area (Å²) in [5.41, 5.74) is 0. The van der Waals surface area contributed by atoms with Gasteiger partial charge >= 0.3 is 0 Å². The first-order valence-electron chi connectivity index (χ1n) is 4.80. The molecule has 1 aliphatic rings. The summed E-state index contributed by atoms with van der Waals surface area (Å²) in [7, 11) is 0. The van der Waals surface area contributed by atoms with E-state index in [1.165, 1.54) is 44.9 Å². The third-order valence-corrected chi connectivity index (χ3v) is 2.07. The van der Waals surface area contributed by atoms with Crippen LogP contribution in [0.4, 0.5) is 0 Å². The van der Waals surface area contributed by atoms with E-state index >= 15 is 0 Å². The van der Waals surface area contributed by atoms with Crippen LogP contribution in [-0.2, 0) is 0 Å². The molecular formula is C11H18. The summed E-state index contributed by atoms with van der Waals surface area (Å²) in [6, 6.07) is 0. The molecule has 62 valence electrons. The molecule has 0 aliphatic heterocycles. The molecular weight excluding hydrogens is 132 g/mol. The molecule has 0 aromatic heterocycles. The molecule has 0 nitrogen and oxygen atoms in total. The molecule has 0 saturated heterocycles. The van der Waals surface area contributed by atoms with Gasteiger partial charge in [-0.05, 0) is 38.5 Å². The summed E-state index contributed by atoms with van der Waals surface area (Å²) in [6.07, 6.45) is 18.5. The molecule has 1 aliphatic carbocycles. The van der Waals surface area contributed by atoms with E-state index in [1.807, 2.05) is 0 Å². The third kappa shape index (κ3) is 4.83. The van der Waals surface area contributed by atoms with Crippen LogP contribution in [0.3, 0.4) is 0 Å². The first-order valence-corrected chi connectivity index (χ1v) is 4.80. The van der Waals surface area contributed by atoms with Gasteiger partial charge in [-0.1, -0.05) is 30.7 Å². The Labute approximate surface area is 70.0 Å². The van der Waals surface area contributed by atoms with Gasteiger partial charge in [0.2, 0.25) is 0 Å². The predicted octanol–water partition coefficient (Wildman–Crippen LogP) is 3.84. The van der Waals surface area contributed by atoms with Gasteiger partial charge in [0.15, 0.2) is 0 Å². The third-order valence-electron chi connectivity index (χ3n) is 2.07. The Morgan fingerprint density at radius 1 is 0.455 bits per heavy atom. The highest BCUT2D eigenvalue weighted by molar-refractivity contribution is 4.88. The molecule has 0 atom stereocenters. The van der Waals surface area contributed by atoms with E-state index in [-0.39, 0.29) is 0 Å². The number of hydrogen-bond donors (Lipinski definition) is 0. The molecule has 0 radical (unpaired) electrons. The van der Waals surface area contributed by atoms with Gasteiger partial charge in [-0.15, -0.1) is 0 Å². The van der Waals surface area contributed by atoms with Gasteiger partial charge in [0.05, 0.1) is 0 Å². The lowest BCUT2D eigenvalue weighted by Crippen LogP contribution is -1.73. The van der Waals surface area contributed by atoms with Crippen LogP contribution in [0.15, 0.2) is 24.3 Å². The summed E-state index contributed by atoms with van der Waals surface area (Å²) in [5.74, 6) is 0. The zero-order chi connectivity index (χ0) is 7.78. The molecule has 0 heteroatoms. The van der Waals surface area contributed by atoms with Gasteiger partial charge in [-0.3, -0.25) is 0 Å². The quantitative estimate of drug-likeness (QED) is 0.460. The minimum absolute atomic E-state index is 1.23. The van der Waals surface area contributed by atoms with Crippen LogP contribution in [0, 0.1) is 0 Å². The van der Waals surface area contributed by atoms with Crippen molar-refractivity contribution in [2.24, 2.45) is 0 Å². The summed E-state index contributed by atoms with van der Waals surface area (Å²) < 4.78 is 0. The fourth-order valence-electron chi connectivity index (χ4n) is 1.37. The molecule has 0 N–H and O–H groups in total. The molecule has 0 bridgehead atoms. The van der Waals surface area contributed by atoms with Crippen LogP contribution in [0.5, 0.6) is 0 Å². The lowest BCUT2D eigenvalue weighted by Gasteiger charge is -1.93. The molecule has 0 aromatic rings. The van der Waals surface area contributed by atoms with E-state index < -0.39 is 0 Å². The van der Waals surface area contributed by atoms with E-state index in [0.717, 1.165) is 0 Å². The van der Waals surface area contributed by atoms with Crippen molar-refractivity contribution in [2.75, 3.05) is 0 Å². The maximum Gasteiger partial charge on any atom is -0.0316 e. The monoisotopic (exact) mass is 150 g/mol. The maximum atomic E-state index is 2.33. The first kappa shape index (κ1) is 8.58. The highest BCUT2D eigenvalue weighted by Crippen LogP contribution is 2.07. The second-order valence-corrected chi connectivity index (χ2v) is 3.16. The molecule has 0 heterocycles. The van der Waals surface area contributed by atoms with Crippen molar-refractivity contribution in [3.05, 3.63) is 24.3 Å². The molecule has 0 saturated carbocycles. The topological polar surface area (TPSA) is 0 Å². The van der Waals surface area contributed by atoms with Gasteiger partial charge in [0, 0.05) is 0 Å². The second-order valence-electron chi connectivity index (χ2n) is 3.16. The Morgan fingerprint density at radius 2 is 0.909 bits per heavy atom. The lowest BCUT2D eigenvalue weighted by molar-refractivity contribution is 0.696. The SMILES string of the molecule is C1=CCCCCC/C=C\CC1. The van der Waals surface area contributed by atoms with Gasteiger partial charge < -0.3 is 0 Å². The number of hydrogen-bond acceptors (Lipinski definition) is 0. The molecule has 0 unspecified atom stereocenters. The molecule has 0 aromatic carbocycles. The van der Waals surface area contributed by atoms with E-state index in [9.17, 15) is 0 Å². The van der Waals surface area contributed by atoms with Crippen molar-refractivity contribution in [2.45, 2.75) is 44.9 Å². The normalized spacial score (nSPS) is 24.0. The van der Waals surface area contributed by atoms with Gasteiger partial charge in [-0.25, -0.2) is 0 Å². The molecule has 11 heavy (non-hydrogen) atoms. The summed E-state index contributed by atoms with van der Waals surface area (Å²) in [5, 5.41) is 0. The fourth-order valence-corrected chi connectivity index (χ4v) is 1.37. The Balaban J connectivity index is 2.22. The van der Waals surface area contributed by atoms with E-state index in [0.29, 0.717) is 0 Å². The Kier molecular flexibility index (Phi) is 4.84. The second kappa shape index (κ2) is 6.21. The van der Waals surface area contributed by atoms with E-state index in [4.69, 9.17) is 0 Å². The zero-order valence-corrected chi connectivity index (χ0v) is 7.26. The van der Waals surface area contributed by atoms with E-state index in [1.54, 1.807) is 0 Å². The van der Waals surface area contributed by atoms with Crippen LogP contribution < -0.4 is 0 Å². The van der Waals surface area contributed by atoms with Gasteiger partial charge in [0.25, 0.3) is 0 Å². The fraction of sp³-hybridized carbons (Fsp3) is 0.636. The van der Waals surface area contributed by atoms with Crippen LogP contribution in [0.1, 0.15) is 44.9 Å². The summed E-state index contributed by atoms with van der Waals surface area (Å²) in [6.45, 7) is 0. The first-order chi connectivity index (χ1) is 5.50. The van der Waals surface area contributed by atoms with Crippen molar-refractivity contribution in [3.63, 3.8) is 0 Å². The predicted molar refractivity (Wildman–Crippen MR) is 50.6 cm³/mol. The zero-order valence-electron chi connectivity index (χ0n) is 7.26. The molecule has 1 rings (SSSR count). The minimum atomic E-state index is 1.23. The summed E-state index contributed by atoms with van der Waals surface area (Å²) >= 11 is 0. The van der Waals surface area contributed by atoms with Crippen molar-refractivity contribution in [1.29, 1.82) is 0 Å². The molecule has 0 fully saturated rings. The Morgan fingerprint density at radius 3 is 1.45 bits per heavy atom. The Hall–Kier alpha value is -0.520. The van der Waals surface area contributed by atoms with Crippen LogP contribution in [0.25, 0.3) is 0 Å². The molecule has 0 spiro atoms. The Bertz CT molecular complexity index is 115. The largest absolute Gasteiger partial charge is 0.0885 e. The van der Waals surface area contributed by atoms with Crippen molar-refractivity contribution >= 4 is 0 Å². The van der Waals surface area contributed by atoms with Crippen molar-refractivity contribution in [1.82, 2.24) is 0 Å². The van der Waals surface area contributed by atoms with Crippen LogP contribution in [0.2, 0.25) is 0 Å². The summed E-state index contributed by atoms with van der Waals surface area (Å²) in [4.78, 5) is 0. The standard InChI is InChI=1S/C11H18/c1-2-4-6-8-10-11-9-7-5-3-1/h1-2,7,9H,3-6,8,10-11H2/b2-1-,9-7?. The van der Waals surface area contributed by atoms with Crippen molar-refractivity contribution in [3.8, 4) is 0 Å². The highest BCUT2D eigenvalue weighted by atomic mass is 13.9. The van der Waals surface area contributed by atoms with Crippen LogP contribution >= 0.6 is 0 Å². The average molecular weight is 150 g/mol. The number of allylic oxidation sites excluding steroid dienone is 4. The van der Waals surface area contributed by atoms with Crippen LogP contribution in [-0.4, -0.2) is 0 Å². The van der Waals surface area contributed by atoms with Gasteiger partial charge in [0.1, 0.15) is 0 Å². The van der Waals surface area contributed by atoms with E-state index in [2.05, 4.69) is 24.3 Å². The molecule has 0 amide bonds. The lowest BCUT2D eigenvalue weighted by atomic mass is 10.1. The highest BCUT2D eigenvalue weighted by Gasteiger charge is 1.87. The average Bonchev–Trinajstić information content (AvgIpc) is 2.08.